The molecule has 4 aromatic rings. The lowest BCUT2D eigenvalue weighted by molar-refractivity contribution is 0.0697. The second kappa shape index (κ2) is 10.4. The van der Waals surface area contributed by atoms with E-state index in [-0.39, 0.29) is 17.0 Å². The van der Waals surface area contributed by atoms with Gasteiger partial charge in [-0.3, -0.25) is 4.98 Å². The van der Waals surface area contributed by atoms with Crippen molar-refractivity contribution >= 4 is 38.5 Å². The SMILES string of the molecule is O=C(O)c1ccc2c(c1)c(CCCNS(=O)(=O)c1ccc(Cl)cc1)cn2CCc1cccnc1. The highest BCUT2D eigenvalue weighted by Crippen LogP contribution is 2.25. The number of aromatic nitrogens is 2. The molecule has 0 spiro atoms. The smallest absolute Gasteiger partial charge is 0.335 e. The van der Waals surface area contributed by atoms with Gasteiger partial charge in [0.05, 0.1) is 10.5 Å². The molecular formula is C25H24ClN3O4S. The van der Waals surface area contributed by atoms with Crippen LogP contribution in [0.4, 0.5) is 0 Å². The van der Waals surface area contributed by atoms with Gasteiger partial charge in [0.2, 0.25) is 10.0 Å². The van der Waals surface area contributed by atoms with Crippen molar-refractivity contribution in [3.05, 3.63) is 94.9 Å². The maximum absolute atomic E-state index is 12.5. The van der Waals surface area contributed by atoms with Gasteiger partial charge in [-0.2, -0.15) is 0 Å². The van der Waals surface area contributed by atoms with Crippen LogP contribution >= 0.6 is 11.6 Å². The minimum absolute atomic E-state index is 0.162. The Labute approximate surface area is 203 Å². The number of aromatic carboxylic acids is 1. The van der Waals surface area contributed by atoms with Crippen molar-refractivity contribution in [1.29, 1.82) is 0 Å². The number of pyridine rings is 1. The monoisotopic (exact) mass is 497 g/mol. The van der Waals surface area contributed by atoms with Crippen molar-refractivity contribution < 1.29 is 18.3 Å². The van der Waals surface area contributed by atoms with Crippen LogP contribution in [0, 0.1) is 0 Å². The van der Waals surface area contributed by atoms with Crippen LogP contribution in [0.3, 0.4) is 0 Å². The Kier molecular flexibility index (Phi) is 7.31. The molecule has 0 amide bonds. The Bertz CT molecular complexity index is 1400. The zero-order valence-electron chi connectivity index (χ0n) is 18.3. The number of nitrogens with one attached hydrogen (secondary N) is 1. The van der Waals surface area contributed by atoms with Gasteiger partial charge in [0.15, 0.2) is 0 Å². The highest BCUT2D eigenvalue weighted by molar-refractivity contribution is 7.89. The highest BCUT2D eigenvalue weighted by atomic mass is 35.5. The molecule has 0 radical (unpaired) electrons. The zero-order valence-corrected chi connectivity index (χ0v) is 19.9. The van der Waals surface area contributed by atoms with E-state index >= 15 is 0 Å². The Balaban J connectivity index is 1.48. The van der Waals surface area contributed by atoms with Crippen LogP contribution in [0.1, 0.15) is 27.9 Å². The third-order valence-electron chi connectivity index (χ3n) is 5.61. The van der Waals surface area contributed by atoms with Crippen molar-refractivity contribution in [2.24, 2.45) is 0 Å². The van der Waals surface area contributed by atoms with Gasteiger partial charge in [-0.15, -0.1) is 0 Å². The van der Waals surface area contributed by atoms with E-state index in [0.29, 0.717) is 17.9 Å². The molecule has 0 saturated carbocycles. The normalized spacial score (nSPS) is 11.7. The maximum atomic E-state index is 12.5. The molecule has 176 valence electrons. The molecule has 0 unspecified atom stereocenters. The minimum Gasteiger partial charge on any atom is -0.478 e. The van der Waals surface area contributed by atoms with E-state index in [1.54, 1.807) is 18.3 Å². The van der Waals surface area contributed by atoms with Gasteiger partial charge < -0.3 is 9.67 Å². The first-order chi connectivity index (χ1) is 16.3. The number of nitrogens with zero attached hydrogens (tertiary/aromatic N) is 2. The summed E-state index contributed by atoms with van der Waals surface area (Å²) in [7, 11) is -3.62. The van der Waals surface area contributed by atoms with Crippen LogP contribution in [0.2, 0.25) is 5.02 Å². The van der Waals surface area contributed by atoms with Gasteiger partial charge in [-0.05, 0) is 78.9 Å². The van der Waals surface area contributed by atoms with Crippen molar-refractivity contribution in [3.8, 4) is 0 Å². The molecule has 0 fully saturated rings. The number of rotatable bonds is 10. The molecule has 34 heavy (non-hydrogen) atoms. The molecule has 0 aliphatic rings. The van der Waals surface area contributed by atoms with E-state index in [9.17, 15) is 18.3 Å². The van der Waals surface area contributed by atoms with E-state index in [2.05, 4.69) is 14.3 Å². The number of sulfonamides is 1. The Morgan fingerprint density at radius 3 is 2.59 bits per heavy atom. The number of aryl methyl sites for hydroxylation is 3. The molecule has 0 bridgehead atoms. The molecular weight excluding hydrogens is 474 g/mol. The number of carboxylic acids is 1. The summed E-state index contributed by atoms with van der Waals surface area (Å²) in [6.45, 7) is 0.976. The summed E-state index contributed by atoms with van der Waals surface area (Å²) in [5.41, 5.74) is 3.27. The molecule has 7 nitrogen and oxygen atoms in total. The fraction of sp³-hybridized carbons (Fsp3) is 0.200. The lowest BCUT2D eigenvalue weighted by atomic mass is 10.1. The third kappa shape index (κ3) is 5.64. The summed E-state index contributed by atoms with van der Waals surface area (Å²) in [6, 6.07) is 15.1. The first-order valence-corrected chi connectivity index (χ1v) is 12.7. The largest absolute Gasteiger partial charge is 0.478 e. The van der Waals surface area contributed by atoms with E-state index < -0.39 is 16.0 Å². The van der Waals surface area contributed by atoms with Crippen LogP contribution in [-0.2, 0) is 29.4 Å². The van der Waals surface area contributed by atoms with E-state index in [1.807, 2.05) is 30.6 Å². The molecule has 0 saturated heterocycles. The van der Waals surface area contributed by atoms with Crippen molar-refractivity contribution in [3.63, 3.8) is 0 Å². The van der Waals surface area contributed by atoms with Crippen LogP contribution < -0.4 is 4.72 Å². The number of benzene rings is 2. The lowest BCUT2D eigenvalue weighted by Crippen LogP contribution is -2.25. The summed E-state index contributed by atoms with van der Waals surface area (Å²) >= 11 is 5.84. The number of fused-ring (bicyclic) bond motifs is 1. The first kappa shape index (κ1) is 23.9. The molecule has 2 N–H and O–H groups in total. The average Bonchev–Trinajstić information content (AvgIpc) is 3.18. The quantitative estimate of drug-likeness (QED) is 0.313. The number of carbonyl (C=O) groups is 1. The standard InChI is InChI=1S/C25H24ClN3O4S/c26-21-6-8-22(9-7-21)34(32,33)28-13-2-4-20-17-29(14-11-18-3-1-12-27-16-18)24-10-5-19(25(30)31)15-23(20)24/h1,3,5-10,12,15-17,28H,2,4,11,13-14H2,(H,30,31). The topological polar surface area (TPSA) is 101 Å². The van der Waals surface area contributed by atoms with Crippen LogP contribution in [0.5, 0.6) is 0 Å². The predicted molar refractivity (Wildman–Crippen MR) is 132 cm³/mol. The second-order valence-electron chi connectivity index (χ2n) is 7.95. The van der Waals surface area contributed by atoms with E-state index in [4.69, 9.17) is 11.6 Å². The summed E-state index contributed by atoms with van der Waals surface area (Å²) < 4.78 is 29.7. The third-order valence-corrected chi connectivity index (χ3v) is 7.34. The molecule has 4 rings (SSSR count). The fourth-order valence-electron chi connectivity index (χ4n) is 3.87. The molecule has 2 heterocycles. The summed E-state index contributed by atoms with van der Waals surface area (Å²) in [6.07, 6.45) is 7.55. The summed E-state index contributed by atoms with van der Waals surface area (Å²) in [5.74, 6) is -0.980. The average molecular weight is 498 g/mol. The first-order valence-electron chi connectivity index (χ1n) is 10.8. The summed E-state index contributed by atoms with van der Waals surface area (Å²) in [5, 5.41) is 10.8. The summed E-state index contributed by atoms with van der Waals surface area (Å²) in [4.78, 5) is 15.8. The molecule has 9 heteroatoms. The van der Waals surface area contributed by atoms with Gasteiger partial charge in [-0.25, -0.2) is 17.9 Å². The number of hydrogen-bond acceptors (Lipinski definition) is 4. The maximum Gasteiger partial charge on any atom is 0.335 e. The van der Waals surface area contributed by atoms with Gasteiger partial charge in [0, 0.05) is 47.6 Å². The van der Waals surface area contributed by atoms with Crippen LogP contribution in [0.15, 0.2) is 78.1 Å². The van der Waals surface area contributed by atoms with Crippen LogP contribution in [-0.4, -0.2) is 35.6 Å². The fourth-order valence-corrected chi connectivity index (χ4v) is 5.07. The van der Waals surface area contributed by atoms with Gasteiger partial charge in [0.1, 0.15) is 0 Å². The Hall–Kier alpha value is -3.20. The van der Waals surface area contributed by atoms with E-state index in [1.165, 1.54) is 24.3 Å². The van der Waals surface area contributed by atoms with Crippen molar-refractivity contribution in [1.82, 2.24) is 14.3 Å². The van der Waals surface area contributed by atoms with Crippen molar-refractivity contribution in [2.75, 3.05) is 6.54 Å². The molecule has 0 aliphatic carbocycles. The number of carboxylic acid groups (broad SMARTS) is 1. The molecule has 0 aliphatic heterocycles. The van der Waals surface area contributed by atoms with Crippen LogP contribution in [0.25, 0.3) is 10.9 Å². The molecule has 0 atom stereocenters. The van der Waals surface area contributed by atoms with Gasteiger partial charge >= 0.3 is 5.97 Å². The molecule has 2 aromatic heterocycles. The second-order valence-corrected chi connectivity index (χ2v) is 10.2. The van der Waals surface area contributed by atoms with Gasteiger partial charge in [-0.1, -0.05) is 17.7 Å². The number of hydrogen-bond donors (Lipinski definition) is 2. The van der Waals surface area contributed by atoms with E-state index in [0.717, 1.165) is 35.0 Å². The molecule has 2 aromatic carbocycles. The minimum atomic E-state index is -3.62. The zero-order chi connectivity index (χ0) is 24.1. The highest BCUT2D eigenvalue weighted by Gasteiger charge is 2.15. The Morgan fingerprint density at radius 1 is 1.09 bits per heavy atom. The lowest BCUT2D eigenvalue weighted by Gasteiger charge is -2.07. The van der Waals surface area contributed by atoms with Gasteiger partial charge in [0.25, 0.3) is 0 Å². The predicted octanol–water partition coefficient (Wildman–Crippen LogP) is 4.54. The Morgan fingerprint density at radius 2 is 1.88 bits per heavy atom. The van der Waals surface area contributed by atoms with Crippen molar-refractivity contribution in [2.45, 2.75) is 30.7 Å². The number of halogens is 1.